The van der Waals surface area contributed by atoms with Crippen LogP contribution in [0, 0.1) is 5.92 Å². The van der Waals surface area contributed by atoms with Crippen LogP contribution in [0.5, 0.6) is 5.75 Å². The Hall–Kier alpha value is -0.800. The van der Waals surface area contributed by atoms with E-state index in [1.807, 2.05) is 0 Å². The van der Waals surface area contributed by atoms with Crippen molar-refractivity contribution in [3.63, 3.8) is 0 Å². The van der Waals surface area contributed by atoms with E-state index in [9.17, 15) is 21.6 Å². The van der Waals surface area contributed by atoms with Gasteiger partial charge in [-0.2, -0.15) is 17.5 Å². The van der Waals surface area contributed by atoms with Crippen molar-refractivity contribution >= 4 is 26.0 Å². The van der Waals surface area contributed by atoms with Gasteiger partial charge in [0, 0.05) is 13.1 Å². The first kappa shape index (κ1) is 17.6. The largest absolute Gasteiger partial charge is 0.496 e. The average molecular weight is 402 g/mol. The van der Waals surface area contributed by atoms with Crippen LogP contribution in [-0.2, 0) is 10.0 Å². The molecule has 2 rings (SSSR count). The molecule has 0 radical (unpaired) electrons. The van der Waals surface area contributed by atoms with Crippen LogP contribution in [0.15, 0.2) is 27.6 Å². The molecule has 0 N–H and O–H groups in total. The zero-order chi connectivity index (χ0) is 16.5. The van der Waals surface area contributed by atoms with E-state index in [2.05, 4.69) is 15.9 Å². The lowest BCUT2D eigenvalue weighted by molar-refractivity contribution is -0.182. The smallest absolute Gasteiger partial charge is 0.393 e. The predicted octanol–water partition coefficient (Wildman–Crippen LogP) is 3.42. The van der Waals surface area contributed by atoms with Crippen molar-refractivity contribution < 1.29 is 26.3 Å². The Morgan fingerprint density at radius 1 is 1.36 bits per heavy atom. The molecule has 0 spiro atoms. The summed E-state index contributed by atoms with van der Waals surface area (Å²) in [6, 6.07) is 4.13. The lowest BCUT2D eigenvalue weighted by Crippen LogP contribution is -2.44. The van der Waals surface area contributed by atoms with Gasteiger partial charge in [0.05, 0.1) is 22.4 Å². The van der Waals surface area contributed by atoms with Gasteiger partial charge in [-0.25, -0.2) is 8.42 Å². The standard InChI is InChI=1S/C13H15BrF3NO3S/c1-21-12-5-4-10(7-11(12)14)22(19,20)18-6-2-3-9(8-18)13(15,16)17/h4-5,7,9H,2-3,6,8H2,1H3/t9-/m0/s1. The van der Waals surface area contributed by atoms with Gasteiger partial charge in [-0.3, -0.25) is 0 Å². The summed E-state index contributed by atoms with van der Waals surface area (Å²) in [7, 11) is -2.52. The average Bonchev–Trinajstić information content (AvgIpc) is 2.46. The fourth-order valence-electron chi connectivity index (χ4n) is 2.38. The number of sulfonamides is 1. The number of benzene rings is 1. The molecule has 0 unspecified atom stereocenters. The molecule has 1 saturated heterocycles. The molecule has 1 aliphatic heterocycles. The Kier molecular flexibility index (Phi) is 5.08. The van der Waals surface area contributed by atoms with E-state index in [-0.39, 0.29) is 24.3 Å². The van der Waals surface area contributed by atoms with E-state index in [0.29, 0.717) is 10.2 Å². The summed E-state index contributed by atoms with van der Waals surface area (Å²) >= 11 is 3.18. The molecule has 0 amide bonds. The highest BCUT2D eigenvalue weighted by Gasteiger charge is 2.44. The zero-order valence-electron chi connectivity index (χ0n) is 11.7. The highest BCUT2D eigenvalue weighted by atomic mass is 79.9. The van der Waals surface area contributed by atoms with Crippen molar-refractivity contribution in [1.29, 1.82) is 0 Å². The molecule has 1 aromatic rings. The van der Waals surface area contributed by atoms with Crippen molar-refractivity contribution in [2.75, 3.05) is 20.2 Å². The van der Waals surface area contributed by atoms with E-state index in [0.717, 1.165) is 4.31 Å². The maximum absolute atomic E-state index is 12.8. The number of piperidine rings is 1. The van der Waals surface area contributed by atoms with E-state index in [4.69, 9.17) is 4.74 Å². The molecule has 4 nitrogen and oxygen atoms in total. The van der Waals surface area contributed by atoms with E-state index < -0.39 is 28.7 Å². The lowest BCUT2D eigenvalue weighted by Gasteiger charge is -2.32. The van der Waals surface area contributed by atoms with Gasteiger partial charge < -0.3 is 4.74 Å². The molecule has 0 aliphatic carbocycles. The van der Waals surface area contributed by atoms with Crippen LogP contribution < -0.4 is 4.74 Å². The van der Waals surface area contributed by atoms with Gasteiger partial charge in [0.15, 0.2) is 0 Å². The number of hydrogen-bond acceptors (Lipinski definition) is 3. The predicted molar refractivity (Wildman–Crippen MR) is 78.2 cm³/mol. The maximum Gasteiger partial charge on any atom is 0.393 e. The van der Waals surface area contributed by atoms with Gasteiger partial charge in [-0.05, 0) is 47.0 Å². The van der Waals surface area contributed by atoms with Gasteiger partial charge >= 0.3 is 6.18 Å². The highest BCUT2D eigenvalue weighted by Crippen LogP contribution is 2.36. The van der Waals surface area contributed by atoms with Crippen molar-refractivity contribution in [3.05, 3.63) is 22.7 Å². The second kappa shape index (κ2) is 6.37. The minimum absolute atomic E-state index is 0.0399. The molecule has 1 heterocycles. The second-order valence-corrected chi connectivity index (χ2v) is 7.83. The summed E-state index contributed by atoms with van der Waals surface area (Å²) in [4.78, 5) is -0.0528. The van der Waals surface area contributed by atoms with Crippen molar-refractivity contribution in [1.82, 2.24) is 4.31 Å². The Morgan fingerprint density at radius 3 is 2.59 bits per heavy atom. The molecule has 9 heteroatoms. The molecule has 1 fully saturated rings. The summed E-state index contributed by atoms with van der Waals surface area (Å²) in [6.07, 6.45) is -4.22. The number of hydrogen-bond donors (Lipinski definition) is 0. The fraction of sp³-hybridized carbons (Fsp3) is 0.538. The summed E-state index contributed by atoms with van der Waals surface area (Å²) in [5.41, 5.74) is 0. The van der Waals surface area contributed by atoms with Crippen LogP contribution in [0.1, 0.15) is 12.8 Å². The van der Waals surface area contributed by atoms with Crippen molar-refractivity contribution in [3.8, 4) is 5.75 Å². The maximum atomic E-state index is 12.8. The highest BCUT2D eigenvalue weighted by molar-refractivity contribution is 9.10. The third-order valence-corrected chi connectivity index (χ3v) is 6.09. The fourth-order valence-corrected chi connectivity index (χ4v) is 4.63. The molecular formula is C13H15BrF3NO3S. The molecule has 0 bridgehead atoms. The third kappa shape index (κ3) is 3.57. The SMILES string of the molecule is COc1ccc(S(=O)(=O)N2CCC[C@H](C(F)(F)F)C2)cc1Br. The Balaban J connectivity index is 2.28. The second-order valence-electron chi connectivity index (χ2n) is 5.04. The number of nitrogens with zero attached hydrogens (tertiary/aromatic N) is 1. The molecule has 1 aromatic carbocycles. The number of methoxy groups -OCH3 is 1. The Labute approximate surface area is 135 Å². The van der Waals surface area contributed by atoms with E-state index >= 15 is 0 Å². The van der Waals surface area contributed by atoms with Gasteiger partial charge in [0.25, 0.3) is 0 Å². The van der Waals surface area contributed by atoms with Gasteiger partial charge in [0.2, 0.25) is 10.0 Å². The minimum Gasteiger partial charge on any atom is -0.496 e. The van der Waals surface area contributed by atoms with Gasteiger partial charge in [0.1, 0.15) is 5.75 Å². The molecule has 0 aromatic heterocycles. The molecule has 124 valence electrons. The Bertz CT molecular complexity index is 648. The lowest BCUT2D eigenvalue weighted by atomic mass is 9.99. The first-order chi connectivity index (χ1) is 10.2. The minimum atomic E-state index is -4.38. The summed E-state index contributed by atoms with van der Waals surface area (Å²) in [5.74, 6) is -1.16. The topological polar surface area (TPSA) is 46.6 Å². The molecule has 22 heavy (non-hydrogen) atoms. The molecule has 0 saturated carbocycles. The Morgan fingerprint density at radius 2 is 2.05 bits per heavy atom. The summed E-state index contributed by atoms with van der Waals surface area (Å²) in [5, 5.41) is 0. The van der Waals surface area contributed by atoms with Crippen LogP contribution in [0.3, 0.4) is 0 Å². The van der Waals surface area contributed by atoms with Gasteiger partial charge in [-0.15, -0.1) is 0 Å². The molecule has 1 atom stereocenters. The van der Waals surface area contributed by atoms with Crippen LogP contribution in [0.4, 0.5) is 13.2 Å². The summed E-state index contributed by atoms with van der Waals surface area (Å²) in [6.45, 7) is -0.436. The normalized spacial score (nSPS) is 20.9. The van der Waals surface area contributed by atoms with E-state index in [1.165, 1.54) is 25.3 Å². The first-order valence-corrected chi connectivity index (χ1v) is 8.80. The van der Waals surface area contributed by atoms with Crippen LogP contribution in [-0.4, -0.2) is 39.1 Å². The van der Waals surface area contributed by atoms with Crippen molar-refractivity contribution in [2.24, 2.45) is 5.92 Å². The van der Waals surface area contributed by atoms with Crippen molar-refractivity contribution in [2.45, 2.75) is 23.9 Å². The monoisotopic (exact) mass is 401 g/mol. The number of ether oxygens (including phenoxy) is 1. The van der Waals surface area contributed by atoms with Crippen LogP contribution in [0.2, 0.25) is 0 Å². The number of rotatable bonds is 3. The summed E-state index contributed by atoms with van der Waals surface area (Å²) < 4.78 is 69.8. The third-order valence-electron chi connectivity index (χ3n) is 3.61. The molecule has 1 aliphatic rings. The van der Waals surface area contributed by atoms with Crippen LogP contribution >= 0.6 is 15.9 Å². The van der Waals surface area contributed by atoms with Crippen LogP contribution in [0.25, 0.3) is 0 Å². The number of halogens is 4. The van der Waals surface area contributed by atoms with Gasteiger partial charge in [-0.1, -0.05) is 0 Å². The quantitative estimate of drug-likeness (QED) is 0.779. The molecular weight excluding hydrogens is 387 g/mol. The zero-order valence-corrected chi connectivity index (χ0v) is 14.1. The number of alkyl halides is 3. The van der Waals surface area contributed by atoms with E-state index in [1.54, 1.807) is 0 Å². The first-order valence-electron chi connectivity index (χ1n) is 6.56.